The lowest BCUT2D eigenvalue weighted by Crippen LogP contribution is -2.03. The molecule has 0 N–H and O–H groups in total. The monoisotopic (exact) mass is 353 g/mol. The van der Waals surface area contributed by atoms with E-state index in [2.05, 4.69) is 0 Å². The van der Waals surface area contributed by atoms with E-state index >= 15 is 0 Å². The molecule has 3 aromatic carbocycles. The summed E-state index contributed by atoms with van der Waals surface area (Å²) in [5.74, 6) is 0. The van der Waals surface area contributed by atoms with Crippen LogP contribution in [0.25, 0.3) is 11.1 Å². The van der Waals surface area contributed by atoms with E-state index in [1.54, 1.807) is 36.4 Å². The van der Waals surface area contributed by atoms with E-state index in [4.69, 9.17) is 0 Å². The standard InChI is InChI=1S/C19H15NO4S/c1-14-6-5-7-15(12-14)18-13-17(10-11-19(18)20(21)22)25(23,24)16-8-3-2-4-9-16/h2-13H,1H3. The molecular weight excluding hydrogens is 338 g/mol. The van der Waals surface area contributed by atoms with Crippen LogP contribution in [0.15, 0.2) is 82.6 Å². The molecular formula is C19H15NO4S. The maximum absolute atomic E-state index is 12.8. The van der Waals surface area contributed by atoms with Gasteiger partial charge in [0.1, 0.15) is 0 Å². The minimum Gasteiger partial charge on any atom is -0.258 e. The van der Waals surface area contributed by atoms with Crippen molar-refractivity contribution in [3.8, 4) is 11.1 Å². The highest BCUT2D eigenvalue weighted by molar-refractivity contribution is 7.91. The van der Waals surface area contributed by atoms with Crippen molar-refractivity contribution in [2.75, 3.05) is 0 Å². The predicted octanol–water partition coefficient (Wildman–Crippen LogP) is 4.40. The third-order valence-corrected chi connectivity index (χ3v) is 5.62. The smallest absolute Gasteiger partial charge is 0.258 e. The van der Waals surface area contributed by atoms with Crippen LogP contribution in [0.3, 0.4) is 0 Å². The summed E-state index contributed by atoms with van der Waals surface area (Å²) in [6.45, 7) is 1.87. The highest BCUT2D eigenvalue weighted by atomic mass is 32.2. The number of sulfone groups is 1. The zero-order valence-corrected chi connectivity index (χ0v) is 14.2. The maximum Gasteiger partial charge on any atom is 0.277 e. The summed E-state index contributed by atoms with van der Waals surface area (Å²) in [4.78, 5) is 11.0. The molecule has 0 fully saturated rings. The third kappa shape index (κ3) is 3.29. The molecule has 0 spiro atoms. The van der Waals surface area contributed by atoms with Crippen molar-refractivity contribution >= 4 is 15.5 Å². The van der Waals surface area contributed by atoms with Crippen LogP contribution in [0.1, 0.15) is 5.56 Å². The molecule has 0 aliphatic rings. The van der Waals surface area contributed by atoms with Crippen LogP contribution < -0.4 is 0 Å². The summed E-state index contributed by atoms with van der Waals surface area (Å²) in [6, 6.07) is 19.1. The normalized spacial score (nSPS) is 11.2. The fourth-order valence-corrected chi connectivity index (χ4v) is 3.93. The zero-order valence-electron chi connectivity index (χ0n) is 13.4. The van der Waals surface area contributed by atoms with Gasteiger partial charge in [0.25, 0.3) is 5.69 Å². The van der Waals surface area contributed by atoms with Crippen molar-refractivity contribution in [3.05, 3.63) is 88.5 Å². The topological polar surface area (TPSA) is 77.3 Å². The number of rotatable bonds is 4. The molecule has 0 aromatic heterocycles. The highest BCUT2D eigenvalue weighted by Gasteiger charge is 2.23. The van der Waals surface area contributed by atoms with Gasteiger partial charge in [-0.2, -0.15) is 0 Å². The van der Waals surface area contributed by atoms with Gasteiger partial charge < -0.3 is 0 Å². The van der Waals surface area contributed by atoms with Crippen LogP contribution in [0, 0.1) is 17.0 Å². The SMILES string of the molecule is Cc1cccc(-c2cc(S(=O)(=O)c3ccccc3)ccc2[N+](=O)[O-])c1. The van der Waals surface area contributed by atoms with Crippen LogP contribution in [0.4, 0.5) is 5.69 Å². The van der Waals surface area contributed by atoms with Gasteiger partial charge in [0.05, 0.1) is 20.3 Å². The largest absolute Gasteiger partial charge is 0.277 e. The van der Waals surface area contributed by atoms with Gasteiger partial charge in [-0.1, -0.05) is 48.0 Å². The summed E-state index contributed by atoms with van der Waals surface area (Å²) in [6.07, 6.45) is 0. The molecule has 3 rings (SSSR count). The van der Waals surface area contributed by atoms with Crippen molar-refractivity contribution in [2.45, 2.75) is 16.7 Å². The fraction of sp³-hybridized carbons (Fsp3) is 0.0526. The molecule has 0 atom stereocenters. The molecule has 0 aliphatic carbocycles. The Morgan fingerprint density at radius 2 is 1.56 bits per heavy atom. The predicted molar refractivity (Wildman–Crippen MR) is 95.2 cm³/mol. The van der Waals surface area contributed by atoms with Gasteiger partial charge >= 0.3 is 0 Å². The number of hydrogen-bond acceptors (Lipinski definition) is 4. The van der Waals surface area contributed by atoms with Crippen molar-refractivity contribution in [3.63, 3.8) is 0 Å². The molecule has 0 saturated carbocycles. The van der Waals surface area contributed by atoms with Crippen LogP contribution in [0.5, 0.6) is 0 Å². The van der Waals surface area contributed by atoms with Crippen LogP contribution in [-0.2, 0) is 9.84 Å². The second-order valence-corrected chi connectivity index (χ2v) is 7.57. The van der Waals surface area contributed by atoms with Gasteiger partial charge in [-0.25, -0.2) is 8.42 Å². The average molecular weight is 353 g/mol. The second kappa shape index (κ2) is 6.49. The van der Waals surface area contributed by atoms with Crippen LogP contribution in [-0.4, -0.2) is 13.3 Å². The highest BCUT2D eigenvalue weighted by Crippen LogP contribution is 2.34. The van der Waals surface area contributed by atoms with E-state index in [0.717, 1.165) is 5.56 Å². The third-order valence-electron chi connectivity index (χ3n) is 3.86. The molecule has 0 aliphatic heterocycles. The molecule has 25 heavy (non-hydrogen) atoms. The van der Waals surface area contributed by atoms with Crippen molar-refractivity contribution in [1.82, 2.24) is 0 Å². The van der Waals surface area contributed by atoms with E-state index in [1.165, 1.54) is 30.3 Å². The van der Waals surface area contributed by atoms with Crippen molar-refractivity contribution in [2.24, 2.45) is 0 Å². The number of benzene rings is 3. The molecule has 0 saturated heterocycles. The summed E-state index contributed by atoms with van der Waals surface area (Å²) >= 11 is 0. The zero-order chi connectivity index (χ0) is 18.0. The van der Waals surface area contributed by atoms with E-state index in [9.17, 15) is 18.5 Å². The Balaban J connectivity index is 2.22. The molecule has 0 unspecified atom stereocenters. The van der Waals surface area contributed by atoms with Gasteiger partial charge in [-0.05, 0) is 36.8 Å². The van der Waals surface area contributed by atoms with Crippen LogP contribution in [0.2, 0.25) is 0 Å². The Bertz CT molecular complexity index is 1040. The Labute approximate surface area is 145 Å². The molecule has 0 heterocycles. The second-order valence-electron chi connectivity index (χ2n) is 5.62. The summed E-state index contributed by atoms with van der Waals surface area (Å²) < 4.78 is 25.6. The van der Waals surface area contributed by atoms with Gasteiger partial charge in [-0.15, -0.1) is 0 Å². The van der Waals surface area contributed by atoms with E-state index in [0.29, 0.717) is 5.56 Å². The number of hydrogen-bond donors (Lipinski definition) is 0. The van der Waals surface area contributed by atoms with Crippen molar-refractivity contribution < 1.29 is 13.3 Å². The maximum atomic E-state index is 12.8. The van der Waals surface area contributed by atoms with Gasteiger partial charge in [-0.3, -0.25) is 10.1 Å². The first-order valence-electron chi connectivity index (χ1n) is 7.55. The summed E-state index contributed by atoms with van der Waals surface area (Å²) in [7, 11) is -3.74. The lowest BCUT2D eigenvalue weighted by molar-refractivity contribution is -0.384. The van der Waals surface area contributed by atoms with E-state index in [1.807, 2.05) is 13.0 Å². The molecule has 0 bridgehead atoms. The van der Waals surface area contributed by atoms with E-state index in [-0.39, 0.29) is 21.0 Å². The van der Waals surface area contributed by atoms with Crippen molar-refractivity contribution in [1.29, 1.82) is 0 Å². The Kier molecular flexibility index (Phi) is 4.37. The number of nitrogens with zero attached hydrogens (tertiary/aromatic N) is 1. The lowest BCUT2D eigenvalue weighted by Gasteiger charge is -2.09. The molecule has 5 nitrogen and oxygen atoms in total. The summed E-state index contributed by atoms with van der Waals surface area (Å²) in [5, 5.41) is 11.4. The van der Waals surface area contributed by atoms with Crippen LogP contribution >= 0.6 is 0 Å². The minimum atomic E-state index is -3.74. The molecule has 0 radical (unpaired) electrons. The van der Waals surface area contributed by atoms with Gasteiger partial charge in [0, 0.05) is 6.07 Å². The fourth-order valence-electron chi connectivity index (χ4n) is 2.62. The first kappa shape index (κ1) is 16.9. The van der Waals surface area contributed by atoms with Gasteiger partial charge in [0.2, 0.25) is 9.84 Å². The molecule has 6 heteroatoms. The van der Waals surface area contributed by atoms with E-state index < -0.39 is 14.8 Å². The minimum absolute atomic E-state index is 0.0285. The first-order chi connectivity index (χ1) is 11.9. The molecule has 126 valence electrons. The lowest BCUT2D eigenvalue weighted by atomic mass is 10.0. The molecule has 0 amide bonds. The Morgan fingerprint density at radius 1 is 0.840 bits per heavy atom. The first-order valence-corrected chi connectivity index (χ1v) is 9.03. The van der Waals surface area contributed by atoms with Gasteiger partial charge in [0.15, 0.2) is 0 Å². The summed E-state index contributed by atoms with van der Waals surface area (Å²) in [5.41, 5.74) is 1.70. The Morgan fingerprint density at radius 3 is 2.20 bits per heavy atom. The number of nitro benzene ring substituents is 1. The molecule has 3 aromatic rings. The average Bonchev–Trinajstić information content (AvgIpc) is 2.62. The number of aryl methyl sites for hydroxylation is 1. The Hall–Kier alpha value is -2.99. The number of nitro groups is 1. The quantitative estimate of drug-likeness (QED) is 0.514.